The largest absolute Gasteiger partial charge is 0.400 e. The first kappa shape index (κ1) is 20.2. The van der Waals surface area contributed by atoms with Crippen molar-refractivity contribution < 1.29 is 14.7 Å². The van der Waals surface area contributed by atoms with Crippen molar-refractivity contribution in [1.82, 2.24) is 10.6 Å². The minimum Gasteiger partial charge on any atom is -0.400 e. The van der Waals surface area contributed by atoms with Gasteiger partial charge >= 0.3 is 0 Å². The van der Waals surface area contributed by atoms with E-state index in [1.54, 1.807) is 0 Å². The molecule has 19 heavy (non-hydrogen) atoms. The molecule has 0 aromatic carbocycles. The van der Waals surface area contributed by atoms with Crippen molar-refractivity contribution in [2.75, 3.05) is 20.2 Å². The lowest BCUT2D eigenvalue weighted by Crippen LogP contribution is -2.45. The molecule has 0 spiro atoms. The third kappa shape index (κ3) is 11.7. The van der Waals surface area contributed by atoms with Gasteiger partial charge in [-0.05, 0) is 19.3 Å². The summed E-state index contributed by atoms with van der Waals surface area (Å²) in [7, 11) is 1.00. The first-order valence-corrected chi connectivity index (χ1v) is 6.87. The predicted octanol–water partition coefficient (Wildman–Crippen LogP) is 0.145. The van der Waals surface area contributed by atoms with Crippen LogP contribution in [0.15, 0.2) is 0 Å². The number of amides is 2. The maximum Gasteiger partial charge on any atom is 0.242 e. The van der Waals surface area contributed by atoms with Gasteiger partial charge in [0.05, 0.1) is 0 Å². The Morgan fingerprint density at radius 2 is 2.00 bits per heavy atom. The third-order valence-electron chi connectivity index (χ3n) is 2.24. The minimum atomic E-state index is -0.364. The van der Waals surface area contributed by atoms with Gasteiger partial charge in [-0.3, -0.25) is 9.59 Å². The molecule has 114 valence electrons. The van der Waals surface area contributed by atoms with E-state index in [1.807, 2.05) is 0 Å². The van der Waals surface area contributed by atoms with E-state index in [0.717, 1.165) is 26.4 Å². The van der Waals surface area contributed by atoms with Gasteiger partial charge in [0.15, 0.2) is 0 Å². The minimum absolute atomic E-state index is 0.0760. The number of hydrogen-bond donors (Lipinski definition) is 4. The van der Waals surface area contributed by atoms with Crippen molar-refractivity contribution in [2.45, 2.75) is 52.0 Å². The first-order valence-electron chi connectivity index (χ1n) is 6.87. The number of nitrogens with one attached hydrogen (secondary N) is 2. The summed E-state index contributed by atoms with van der Waals surface area (Å²) in [5, 5.41) is 12.4. The Hall–Kier alpha value is -1.14. The zero-order valence-corrected chi connectivity index (χ0v) is 12.4. The second-order valence-electron chi connectivity index (χ2n) is 4.15. The van der Waals surface area contributed by atoms with E-state index in [2.05, 4.69) is 24.5 Å². The zero-order chi connectivity index (χ0) is 15.1. The highest BCUT2D eigenvalue weighted by molar-refractivity contribution is 5.87. The summed E-state index contributed by atoms with van der Waals surface area (Å²) in [4.78, 5) is 22.6. The lowest BCUT2D eigenvalue weighted by atomic mass is 10.1. The molecule has 1 aliphatic heterocycles. The summed E-state index contributed by atoms with van der Waals surface area (Å²) in [6, 6.07) is -0.364. The molecule has 0 saturated carbocycles. The molecule has 0 aliphatic carbocycles. The van der Waals surface area contributed by atoms with Crippen LogP contribution in [-0.2, 0) is 9.59 Å². The van der Waals surface area contributed by atoms with Crippen LogP contribution in [-0.4, -0.2) is 43.2 Å². The van der Waals surface area contributed by atoms with Gasteiger partial charge in [-0.1, -0.05) is 20.3 Å². The number of carbonyl (C=O) groups is 2. The van der Waals surface area contributed by atoms with Crippen molar-refractivity contribution in [2.24, 2.45) is 5.73 Å². The average molecular weight is 275 g/mol. The fourth-order valence-electron chi connectivity index (χ4n) is 1.47. The van der Waals surface area contributed by atoms with E-state index < -0.39 is 0 Å². The summed E-state index contributed by atoms with van der Waals surface area (Å²) < 4.78 is 0. The number of hydrogen-bond acceptors (Lipinski definition) is 4. The highest BCUT2D eigenvalue weighted by Gasteiger charge is 2.21. The highest BCUT2D eigenvalue weighted by atomic mass is 16.2. The van der Waals surface area contributed by atoms with E-state index in [9.17, 15) is 9.59 Å². The van der Waals surface area contributed by atoms with Gasteiger partial charge in [0.1, 0.15) is 6.04 Å². The smallest absolute Gasteiger partial charge is 0.242 e. The van der Waals surface area contributed by atoms with E-state index in [4.69, 9.17) is 10.8 Å². The molecule has 0 radical (unpaired) electrons. The zero-order valence-electron chi connectivity index (χ0n) is 12.4. The molecule has 0 aromatic heterocycles. The summed E-state index contributed by atoms with van der Waals surface area (Å²) in [5.74, 6) is -0.220. The van der Waals surface area contributed by atoms with Crippen LogP contribution in [0.1, 0.15) is 46.0 Å². The molecule has 0 unspecified atom stereocenters. The lowest BCUT2D eigenvalue weighted by molar-refractivity contribution is -0.128. The standard InChI is InChI=1S/C9H17N3O2.C3H8.CH4O/c10-5-4-8(13)12-7-3-1-2-6-11-9(7)14;1-3-2;1-2/h7H,1-6,10H2,(H,11,14)(H,12,13);3H2,1-2H3;2H,1H3/t7-;;/m0../s1. The molecule has 5 N–H and O–H groups in total. The van der Waals surface area contributed by atoms with Crippen LogP contribution in [0.2, 0.25) is 0 Å². The fourth-order valence-corrected chi connectivity index (χ4v) is 1.47. The van der Waals surface area contributed by atoms with Crippen molar-refractivity contribution in [3.63, 3.8) is 0 Å². The van der Waals surface area contributed by atoms with Crippen molar-refractivity contribution >= 4 is 11.8 Å². The summed E-state index contributed by atoms with van der Waals surface area (Å²) in [5.41, 5.74) is 5.24. The van der Waals surface area contributed by atoms with Crippen molar-refractivity contribution in [3.8, 4) is 0 Å². The van der Waals surface area contributed by atoms with E-state index >= 15 is 0 Å². The van der Waals surface area contributed by atoms with Crippen LogP contribution in [0.25, 0.3) is 0 Å². The Morgan fingerprint density at radius 3 is 2.53 bits per heavy atom. The van der Waals surface area contributed by atoms with Crippen LogP contribution in [0.5, 0.6) is 0 Å². The number of rotatable bonds is 3. The van der Waals surface area contributed by atoms with Crippen LogP contribution in [0.4, 0.5) is 0 Å². The summed E-state index contributed by atoms with van der Waals surface area (Å²) >= 11 is 0. The van der Waals surface area contributed by atoms with Crippen LogP contribution in [0.3, 0.4) is 0 Å². The molecule has 2 amide bonds. The molecule has 1 atom stereocenters. The molecular formula is C13H29N3O3. The number of carbonyl (C=O) groups excluding carboxylic acids is 2. The molecule has 1 fully saturated rings. The number of aliphatic hydroxyl groups is 1. The second-order valence-corrected chi connectivity index (χ2v) is 4.15. The Labute approximate surface area is 116 Å². The summed E-state index contributed by atoms with van der Waals surface area (Å²) in [6.45, 7) is 5.28. The van der Waals surface area contributed by atoms with Gasteiger partial charge in [-0.25, -0.2) is 0 Å². The quantitative estimate of drug-likeness (QED) is 0.588. The van der Waals surface area contributed by atoms with Crippen LogP contribution >= 0.6 is 0 Å². The van der Waals surface area contributed by atoms with Gasteiger partial charge in [0.2, 0.25) is 11.8 Å². The van der Waals surface area contributed by atoms with Gasteiger partial charge < -0.3 is 21.5 Å². The van der Waals surface area contributed by atoms with Gasteiger partial charge in [0.25, 0.3) is 0 Å². The van der Waals surface area contributed by atoms with Gasteiger partial charge in [-0.15, -0.1) is 0 Å². The average Bonchev–Trinajstić information content (AvgIpc) is 2.59. The number of nitrogens with two attached hydrogens (primary N) is 1. The molecule has 1 aliphatic rings. The van der Waals surface area contributed by atoms with Crippen LogP contribution in [0, 0.1) is 0 Å². The molecule has 0 aromatic rings. The monoisotopic (exact) mass is 275 g/mol. The SMILES string of the molecule is CCC.CO.NCCC(=O)N[C@H]1CCCCNC1=O. The normalized spacial score (nSPS) is 17.7. The molecule has 1 saturated heterocycles. The Balaban J connectivity index is 0. The van der Waals surface area contributed by atoms with E-state index in [0.29, 0.717) is 13.1 Å². The Morgan fingerprint density at radius 1 is 1.42 bits per heavy atom. The maximum absolute atomic E-state index is 11.4. The van der Waals surface area contributed by atoms with Gasteiger partial charge in [-0.2, -0.15) is 0 Å². The molecule has 6 nitrogen and oxygen atoms in total. The summed E-state index contributed by atoms with van der Waals surface area (Å²) in [6.07, 6.45) is 4.20. The van der Waals surface area contributed by atoms with Crippen molar-refractivity contribution in [3.05, 3.63) is 0 Å². The topological polar surface area (TPSA) is 104 Å². The lowest BCUT2D eigenvalue weighted by Gasteiger charge is -2.14. The molecule has 1 heterocycles. The first-order chi connectivity index (χ1) is 9.15. The maximum atomic E-state index is 11.4. The third-order valence-corrected chi connectivity index (χ3v) is 2.24. The van der Waals surface area contributed by atoms with Crippen LogP contribution < -0.4 is 16.4 Å². The fraction of sp³-hybridized carbons (Fsp3) is 0.846. The molecule has 6 heteroatoms. The predicted molar refractivity (Wildman–Crippen MR) is 76.6 cm³/mol. The van der Waals surface area contributed by atoms with E-state index in [1.165, 1.54) is 6.42 Å². The molecular weight excluding hydrogens is 246 g/mol. The van der Waals surface area contributed by atoms with Gasteiger partial charge in [0, 0.05) is 26.6 Å². The second kappa shape index (κ2) is 14.9. The molecule has 0 bridgehead atoms. The van der Waals surface area contributed by atoms with E-state index in [-0.39, 0.29) is 24.3 Å². The number of aliphatic hydroxyl groups excluding tert-OH is 1. The highest BCUT2D eigenvalue weighted by Crippen LogP contribution is 2.05. The van der Waals surface area contributed by atoms with Crippen molar-refractivity contribution in [1.29, 1.82) is 0 Å². The Kier molecular flexibility index (Phi) is 15.8. The molecule has 1 rings (SSSR count). The Bertz CT molecular complexity index is 235.